The highest BCUT2D eigenvalue weighted by molar-refractivity contribution is 9.11. The van der Waals surface area contributed by atoms with Crippen LogP contribution < -0.4 is 0 Å². The van der Waals surface area contributed by atoms with E-state index in [0.717, 1.165) is 15.1 Å². The number of methoxy groups -OCH3 is 1. The molecule has 100 valence electrons. The van der Waals surface area contributed by atoms with Gasteiger partial charge in [-0.15, -0.1) is 11.3 Å². The summed E-state index contributed by atoms with van der Waals surface area (Å²) in [4.78, 5) is 11.6. The molecule has 0 aliphatic carbocycles. The Hall–Kier alpha value is -0.440. The Morgan fingerprint density at radius 2 is 2.28 bits per heavy atom. The van der Waals surface area contributed by atoms with Gasteiger partial charge in [0.2, 0.25) is 0 Å². The van der Waals surface area contributed by atoms with E-state index in [4.69, 9.17) is 0 Å². The van der Waals surface area contributed by atoms with Gasteiger partial charge in [-0.05, 0) is 40.9 Å². The van der Waals surface area contributed by atoms with Crippen LogP contribution in [-0.4, -0.2) is 38.4 Å². The first-order chi connectivity index (χ1) is 8.46. The average Bonchev–Trinajstić information content (AvgIpc) is 2.96. The lowest BCUT2D eigenvalue weighted by atomic mass is 10.2. The summed E-state index contributed by atoms with van der Waals surface area (Å²) in [7, 11) is -2.33. The number of rotatable bonds is 3. The van der Waals surface area contributed by atoms with E-state index in [0.29, 0.717) is 19.4 Å². The molecule has 0 bridgehead atoms. The Balaban J connectivity index is 2.32. The van der Waals surface area contributed by atoms with Gasteiger partial charge in [0, 0.05) is 6.54 Å². The van der Waals surface area contributed by atoms with Crippen molar-refractivity contribution in [2.24, 2.45) is 0 Å². The first kappa shape index (κ1) is 14.0. The van der Waals surface area contributed by atoms with Gasteiger partial charge in [-0.2, -0.15) is 4.31 Å². The summed E-state index contributed by atoms with van der Waals surface area (Å²) in [6.45, 7) is 0.359. The zero-order chi connectivity index (χ0) is 13.3. The minimum atomic E-state index is -3.60. The predicted octanol–water partition coefficient (Wildman–Crippen LogP) is 1.84. The monoisotopic (exact) mass is 353 g/mol. The molecule has 0 aromatic carbocycles. The average molecular weight is 354 g/mol. The van der Waals surface area contributed by atoms with E-state index in [9.17, 15) is 13.2 Å². The number of esters is 1. The summed E-state index contributed by atoms with van der Waals surface area (Å²) >= 11 is 4.37. The molecule has 2 rings (SSSR count). The third-order valence-corrected chi connectivity index (χ3v) is 6.79. The summed E-state index contributed by atoms with van der Waals surface area (Å²) < 4.78 is 31.6. The Labute approximate surface area is 118 Å². The molecule has 0 amide bonds. The van der Waals surface area contributed by atoms with Gasteiger partial charge in [0.05, 0.1) is 10.9 Å². The van der Waals surface area contributed by atoms with Crippen molar-refractivity contribution in [3.63, 3.8) is 0 Å². The molecule has 1 atom stereocenters. The summed E-state index contributed by atoms with van der Waals surface area (Å²) in [6.07, 6.45) is 1.18. The highest BCUT2D eigenvalue weighted by Gasteiger charge is 2.40. The van der Waals surface area contributed by atoms with Gasteiger partial charge in [-0.3, -0.25) is 4.79 Å². The van der Waals surface area contributed by atoms with E-state index in [1.807, 2.05) is 0 Å². The van der Waals surface area contributed by atoms with Gasteiger partial charge in [0.15, 0.2) is 0 Å². The molecule has 5 nitrogen and oxygen atoms in total. The second kappa shape index (κ2) is 5.28. The topological polar surface area (TPSA) is 63.7 Å². The van der Waals surface area contributed by atoms with Crippen molar-refractivity contribution in [3.05, 3.63) is 15.9 Å². The van der Waals surface area contributed by atoms with Crippen LogP contribution in [0, 0.1) is 0 Å². The number of nitrogens with zero attached hydrogens (tertiary/aromatic N) is 1. The smallest absolute Gasteiger partial charge is 0.324 e. The Morgan fingerprint density at radius 1 is 1.56 bits per heavy atom. The SMILES string of the molecule is COC(=O)[C@@H]1CCCN1S(=O)(=O)c1ccc(Br)s1. The van der Waals surface area contributed by atoms with Crippen LogP contribution >= 0.6 is 27.3 Å². The van der Waals surface area contributed by atoms with Crippen LogP contribution in [0.5, 0.6) is 0 Å². The number of sulfonamides is 1. The molecule has 0 radical (unpaired) electrons. The van der Waals surface area contributed by atoms with Crippen molar-refractivity contribution in [1.82, 2.24) is 4.31 Å². The standard InChI is InChI=1S/C10H12BrNO4S2/c1-16-10(13)7-3-2-6-12(7)18(14,15)9-5-4-8(11)17-9/h4-5,7H,2-3,6H2,1H3/t7-/m0/s1. The number of carbonyl (C=O) groups is 1. The molecule has 1 aliphatic heterocycles. The van der Waals surface area contributed by atoms with Gasteiger partial charge in [-0.1, -0.05) is 0 Å². The summed E-state index contributed by atoms with van der Waals surface area (Å²) in [5.41, 5.74) is 0. The van der Waals surface area contributed by atoms with E-state index in [1.165, 1.54) is 17.5 Å². The molecule has 0 N–H and O–H groups in total. The van der Waals surface area contributed by atoms with E-state index in [2.05, 4.69) is 20.7 Å². The summed E-state index contributed by atoms with van der Waals surface area (Å²) in [5.74, 6) is -0.494. The molecule has 1 saturated heterocycles. The van der Waals surface area contributed by atoms with Crippen molar-refractivity contribution < 1.29 is 17.9 Å². The quantitative estimate of drug-likeness (QED) is 0.777. The van der Waals surface area contributed by atoms with Gasteiger partial charge in [0.1, 0.15) is 10.3 Å². The summed E-state index contributed by atoms with van der Waals surface area (Å²) in [6, 6.07) is 2.53. The van der Waals surface area contributed by atoms with E-state index >= 15 is 0 Å². The van der Waals surface area contributed by atoms with E-state index in [1.54, 1.807) is 6.07 Å². The zero-order valence-corrected chi connectivity index (χ0v) is 12.8. The highest BCUT2D eigenvalue weighted by Crippen LogP contribution is 2.32. The Kier molecular flexibility index (Phi) is 4.10. The highest BCUT2D eigenvalue weighted by atomic mass is 79.9. The lowest BCUT2D eigenvalue weighted by Crippen LogP contribution is -2.40. The minimum Gasteiger partial charge on any atom is -0.468 e. The van der Waals surface area contributed by atoms with Crippen LogP contribution in [0.15, 0.2) is 20.1 Å². The number of ether oxygens (including phenoxy) is 1. The molecule has 8 heteroatoms. The number of carbonyl (C=O) groups excluding carboxylic acids is 1. The van der Waals surface area contributed by atoms with Crippen molar-refractivity contribution in [3.8, 4) is 0 Å². The Bertz CT molecular complexity index is 554. The van der Waals surface area contributed by atoms with E-state index in [-0.39, 0.29) is 4.21 Å². The first-order valence-electron chi connectivity index (χ1n) is 5.32. The maximum absolute atomic E-state index is 12.4. The van der Waals surface area contributed by atoms with Crippen molar-refractivity contribution >= 4 is 43.3 Å². The second-order valence-electron chi connectivity index (χ2n) is 3.86. The van der Waals surface area contributed by atoms with Crippen molar-refractivity contribution in [2.45, 2.75) is 23.1 Å². The van der Waals surface area contributed by atoms with Crippen LogP contribution in [0.3, 0.4) is 0 Å². The van der Waals surface area contributed by atoms with Crippen molar-refractivity contribution in [2.75, 3.05) is 13.7 Å². The molecule has 18 heavy (non-hydrogen) atoms. The fourth-order valence-corrected chi connectivity index (χ4v) is 5.74. The molecule has 1 fully saturated rings. The molecular formula is C10H12BrNO4S2. The molecular weight excluding hydrogens is 342 g/mol. The summed E-state index contributed by atoms with van der Waals surface area (Å²) in [5, 5.41) is 0. The zero-order valence-electron chi connectivity index (χ0n) is 9.63. The minimum absolute atomic E-state index is 0.241. The van der Waals surface area contributed by atoms with Gasteiger partial charge in [0.25, 0.3) is 10.0 Å². The Morgan fingerprint density at radius 3 is 2.83 bits per heavy atom. The third-order valence-electron chi connectivity index (χ3n) is 2.79. The molecule has 0 unspecified atom stereocenters. The first-order valence-corrected chi connectivity index (χ1v) is 8.37. The molecule has 1 aromatic heterocycles. The van der Waals surface area contributed by atoms with Crippen LogP contribution in [0.4, 0.5) is 0 Å². The number of halogens is 1. The van der Waals surface area contributed by atoms with Crippen molar-refractivity contribution in [1.29, 1.82) is 0 Å². The van der Waals surface area contributed by atoms with Gasteiger partial charge in [-0.25, -0.2) is 8.42 Å². The fraction of sp³-hybridized carbons (Fsp3) is 0.500. The molecule has 0 spiro atoms. The lowest BCUT2D eigenvalue weighted by molar-refractivity contribution is -0.144. The van der Waals surface area contributed by atoms with Gasteiger partial charge < -0.3 is 4.74 Å². The van der Waals surface area contributed by atoms with E-state index < -0.39 is 22.0 Å². The van der Waals surface area contributed by atoms with Gasteiger partial charge >= 0.3 is 5.97 Å². The number of hydrogen-bond acceptors (Lipinski definition) is 5. The molecule has 1 aliphatic rings. The molecule has 2 heterocycles. The predicted molar refractivity (Wildman–Crippen MR) is 70.9 cm³/mol. The van der Waals surface area contributed by atoms with Crippen LogP contribution in [0.2, 0.25) is 0 Å². The molecule has 1 aromatic rings. The lowest BCUT2D eigenvalue weighted by Gasteiger charge is -2.21. The van der Waals surface area contributed by atoms with Crippen LogP contribution in [0.1, 0.15) is 12.8 Å². The largest absolute Gasteiger partial charge is 0.468 e. The maximum atomic E-state index is 12.4. The molecule has 0 saturated carbocycles. The van der Waals surface area contributed by atoms with Crippen LogP contribution in [-0.2, 0) is 19.6 Å². The normalized spacial score (nSPS) is 21.1. The second-order valence-corrected chi connectivity index (χ2v) is 8.44. The maximum Gasteiger partial charge on any atom is 0.324 e. The number of thiophene rings is 1. The van der Waals surface area contributed by atoms with Crippen LogP contribution in [0.25, 0.3) is 0 Å². The fourth-order valence-electron chi connectivity index (χ4n) is 1.95. The number of hydrogen-bond donors (Lipinski definition) is 0. The third kappa shape index (κ3) is 2.47.